The third kappa shape index (κ3) is 3.76. The first kappa shape index (κ1) is 18.0. The molecule has 0 spiro atoms. The van der Waals surface area contributed by atoms with E-state index < -0.39 is 12.6 Å². The number of rotatable bonds is 4. The average molecular weight is 369 g/mol. The van der Waals surface area contributed by atoms with Crippen molar-refractivity contribution < 1.29 is 14.3 Å². The lowest BCUT2D eigenvalue weighted by Gasteiger charge is -2.14. The van der Waals surface area contributed by atoms with Crippen LogP contribution in [0.1, 0.15) is 6.42 Å². The largest absolute Gasteiger partial charge is 0.341 e. The fraction of sp³-hybridized carbons (Fsp3) is 0.118. The van der Waals surface area contributed by atoms with Gasteiger partial charge in [0.2, 0.25) is 12.6 Å². The van der Waals surface area contributed by atoms with Crippen LogP contribution in [-0.4, -0.2) is 16.3 Å². The molecule has 3 aromatic rings. The Labute approximate surface area is 145 Å². The zero-order valence-electron chi connectivity index (χ0n) is 12.1. The summed E-state index contributed by atoms with van der Waals surface area (Å²) in [6.07, 6.45) is -0.249. The average Bonchev–Trinajstić information content (AvgIpc) is 2.50. The van der Waals surface area contributed by atoms with Crippen LogP contribution in [-0.2, 0) is 9.36 Å². The van der Waals surface area contributed by atoms with Crippen molar-refractivity contribution in [3.63, 3.8) is 0 Å². The number of halogens is 2. The smallest absolute Gasteiger partial charge is 0.230 e. The minimum Gasteiger partial charge on any atom is -0.341 e. The molecule has 0 amide bonds. The molecule has 0 aliphatic carbocycles. The van der Waals surface area contributed by atoms with Crippen molar-refractivity contribution >= 4 is 63.5 Å². The summed E-state index contributed by atoms with van der Waals surface area (Å²) >= 11 is 5.30. The lowest BCUT2D eigenvalue weighted by atomic mass is 10.0. The van der Waals surface area contributed by atoms with E-state index in [0.717, 1.165) is 21.5 Å². The second-order valence-corrected chi connectivity index (χ2v) is 7.98. The number of carbonyl (C=O) groups is 1. The molecule has 0 bridgehead atoms. The zero-order valence-corrected chi connectivity index (χ0v) is 14.6. The first-order valence-corrected chi connectivity index (χ1v) is 9.12. The van der Waals surface area contributed by atoms with Crippen LogP contribution in [0, 0.1) is 0 Å². The maximum absolute atomic E-state index is 12.6. The first-order chi connectivity index (χ1) is 10.5. The Morgan fingerprint density at radius 1 is 1.00 bits per heavy atom. The molecule has 23 heavy (non-hydrogen) atoms. The Morgan fingerprint density at radius 3 is 2.26 bits per heavy atom. The van der Waals surface area contributed by atoms with E-state index in [4.69, 9.17) is 11.6 Å². The Balaban J connectivity index is 0.00000192. The van der Waals surface area contributed by atoms with Gasteiger partial charge in [0.15, 0.2) is 0 Å². The van der Waals surface area contributed by atoms with E-state index in [2.05, 4.69) is 0 Å². The van der Waals surface area contributed by atoms with Crippen molar-refractivity contribution in [2.24, 2.45) is 0 Å². The lowest BCUT2D eigenvalue weighted by Crippen LogP contribution is -2.10. The standard InChI is InChI=1S/C17H14ClO3P.ClH/c18-17(19)8-9-22(20,21)16-7-3-6-14-10-12-4-1-2-5-13(12)11-15(14)16;/h1-7,10-11H,8-9H2,(H,20,21);1H. The normalized spacial score (nSPS) is 13.5. The van der Waals surface area contributed by atoms with Gasteiger partial charge in [-0.2, -0.15) is 0 Å². The summed E-state index contributed by atoms with van der Waals surface area (Å²) in [7, 11) is -3.63. The van der Waals surface area contributed by atoms with Gasteiger partial charge in [-0.15, -0.1) is 12.4 Å². The molecule has 0 aliphatic rings. The molecule has 0 radical (unpaired) electrons. The van der Waals surface area contributed by atoms with E-state index >= 15 is 0 Å². The minimum atomic E-state index is -3.63. The van der Waals surface area contributed by atoms with E-state index in [0.29, 0.717) is 5.30 Å². The summed E-state index contributed by atoms with van der Waals surface area (Å²) in [5.41, 5.74) is 0. The Kier molecular flexibility index (Phi) is 5.49. The molecule has 1 N–H and O–H groups in total. The van der Waals surface area contributed by atoms with Crippen LogP contribution >= 0.6 is 31.4 Å². The number of benzene rings is 3. The van der Waals surface area contributed by atoms with E-state index in [9.17, 15) is 14.3 Å². The number of fused-ring (bicyclic) bond motifs is 2. The molecule has 120 valence electrons. The molecule has 1 atom stereocenters. The van der Waals surface area contributed by atoms with Gasteiger partial charge in [0.05, 0.1) is 0 Å². The van der Waals surface area contributed by atoms with Crippen LogP contribution in [0.25, 0.3) is 21.5 Å². The van der Waals surface area contributed by atoms with E-state index in [-0.39, 0.29) is 25.0 Å². The fourth-order valence-corrected chi connectivity index (χ4v) is 4.48. The summed E-state index contributed by atoms with van der Waals surface area (Å²) in [5, 5.41) is 3.53. The molecule has 0 heterocycles. The zero-order chi connectivity index (χ0) is 15.7. The van der Waals surface area contributed by atoms with Crippen LogP contribution in [0.5, 0.6) is 0 Å². The third-order valence-electron chi connectivity index (χ3n) is 3.71. The van der Waals surface area contributed by atoms with Gasteiger partial charge in [-0.1, -0.05) is 36.4 Å². The second-order valence-electron chi connectivity index (χ2n) is 5.23. The SMILES string of the molecule is Cl.O=C(Cl)CCP(=O)(O)c1cccc2cc3ccccc3cc12. The van der Waals surface area contributed by atoms with Crippen molar-refractivity contribution in [2.75, 3.05) is 6.16 Å². The minimum absolute atomic E-state index is 0. The van der Waals surface area contributed by atoms with E-state index in [1.54, 1.807) is 12.1 Å². The van der Waals surface area contributed by atoms with Gasteiger partial charge in [0.1, 0.15) is 0 Å². The molecule has 0 saturated carbocycles. The van der Waals surface area contributed by atoms with Crippen LogP contribution in [0.2, 0.25) is 0 Å². The van der Waals surface area contributed by atoms with Crippen LogP contribution in [0.3, 0.4) is 0 Å². The van der Waals surface area contributed by atoms with Crippen molar-refractivity contribution in [1.29, 1.82) is 0 Å². The van der Waals surface area contributed by atoms with Gasteiger partial charge in [-0.3, -0.25) is 9.36 Å². The Morgan fingerprint density at radius 2 is 1.61 bits per heavy atom. The maximum Gasteiger partial charge on any atom is 0.230 e. The maximum atomic E-state index is 12.6. The number of hydrogen-bond donors (Lipinski definition) is 1. The predicted octanol–water partition coefficient (Wildman–Crippen LogP) is 4.47. The van der Waals surface area contributed by atoms with E-state index in [1.165, 1.54) is 0 Å². The van der Waals surface area contributed by atoms with Gasteiger partial charge in [-0.05, 0) is 51.3 Å². The molecule has 0 fully saturated rings. The molecule has 0 aromatic heterocycles. The number of hydrogen-bond acceptors (Lipinski definition) is 2. The van der Waals surface area contributed by atoms with Gasteiger partial charge >= 0.3 is 0 Å². The molecule has 1 unspecified atom stereocenters. The summed E-state index contributed by atoms with van der Waals surface area (Å²) in [6, 6.07) is 17.1. The van der Waals surface area contributed by atoms with Gasteiger partial charge in [0.25, 0.3) is 0 Å². The van der Waals surface area contributed by atoms with Crippen LogP contribution in [0.4, 0.5) is 0 Å². The van der Waals surface area contributed by atoms with Gasteiger partial charge < -0.3 is 4.89 Å². The molecule has 0 saturated heterocycles. The molecule has 0 aliphatic heterocycles. The molecule has 3 nitrogen and oxygen atoms in total. The molecular formula is C17H15Cl2O3P. The van der Waals surface area contributed by atoms with Crippen LogP contribution < -0.4 is 5.30 Å². The predicted molar refractivity (Wildman–Crippen MR) is 98.5 cm³/mol. The molecule has 6 heteroatoms. The first-order valence-electron chi connectivity index (χ1n) is 6.90. The van der Waals surface area contributed by atoms with Crippen molar-refractivity contribution in [3.05, 3.63) is 54.6 Å². The highest BCUT2D eigenvalue weighted by Gasteiger charge is 2.24. The van der Waals surface area contributed by atoms with Crippen LogP contribution in [0.15, 0.2) is 54.6 Å². The summed E-state index contributed by atoms with van der Waals surface area (Å²) in [5.74, 6) is 0. The summed E-state index contributed by atoms with van der Waals surface area (Å²) < 4.78 is 12.6. The summed E-state index contributed by atoms with van der Waals surface area (Å²) in [6.45, 7) is 0. The number of carbonyl (C=O) groups excluding carboxylic acids is 1. The van der Waals surface area contributed by atoms with Crippen molar-refractivity contribution in [2.45, 2.75) is 6.42 Å². The monoisotopic (exact) mass is 368 g/mol. The Bertz CT molecular complexity index is 924. The lowest BCUT2D eigenvalue weighted by molar-refractivity contribution is -0.111. The van der Waals surface area contributed by atoms with Gasteiger partial charge in [-0.25, -0.2) is 0 Å². The van der Waals surface area contributed by atoms with Gasteiger partial charge in [0, 0.05) is 17.9 Å². The Hall–Kier alpha value is -1.38. The van der Waals surface area contributed by atoms with Crippen molar-refractivity contribution in [3.8, 4) is 0 Å². The highest BCUT2D eigenvalue weighted by atomic mass is 35.5. The highest BCUT2D eigenvalue weighted by molar-refractivity contribution is 7.66. The van der Waals surface area contributed by atoms with E-state index in [1.807, 2.05) is 42.5 Å². The molecule has 3 aromatic carbocycles. The molecule has 3 rings (SSSR count). The second kappa shape index (κ2) is 7.02. The fourth-order valence-electron chi connectivity index (χ4n) is 2.61. The molecular weight excluding hydrogens is 354 g/mol. The summed E-state index contributed by atoms with van der Waals surface area (Å²) in [4.78, 5) is 21.2. The highest BCUT2D eigenvalue weighted by Crippen LogP contribution is 2.42. The quantitative estimate of drug-likeness (QED) is 0.420. The topological polar surface area (TPSA) is 54.4 Å². The third-order valence-corrected chi connectivity index (χ3v) is 5.87. The van der Waals surface area contributed by atoms with Crippen molar-refractivity contribution in [1.82, 2.24) is 0 Å².